The molecule has 21 heavy (non-hydrogen) atoms. The molecule has 2 N–H and O–H groups in total. The topological polar surface area (TPSA) is 49.3 Å². The first-order chi connectivity index (χ1) is 10.1. The van der Waals surface area contributed by atoms with Crippen molar-refractivity contribution in [2.75, 3.05) is 6.61 Å². The normalized spacial score (nSPS) is 16.1. The Kier molecular flexibility index (Phi) is 5.35. The summed E-state index contributed by atoms with van der Waals surface area (Å²) in [5, 5.41) is 11.6. The molecular weight excluding hydrogens is 269 g/mol. The van der Waals surface area contributed by atoms with Gasteiger partial charge in [-0.15, -0.1) is 0 Å². The second-order valence-electron chi connectivity index (χ2n) is 5.46. The van der Waals surface area contributed by atoms with E-state index in [0.29, 0.717) is 11.5 Å². The highest BCUT2D eigenvalue weighted by Crippen LogP contribution is 2.27. The molecule has 0 aliphatic heterocycles. The van der Waals surface area contributed by atoms with Gasteiger partial charge in [-0.25, -0.2) is 4.39 Å². The summed E-state index contributed by atoms with van der Waals surface area (Å²) in [7, 11) is 0. The molecule has 0 bridgehead atoms. The molecule has 0 radical (unpaired) electrons. The first kappa shape index (κ1) is 15.5. The predicted octanol–water partition coefficient (Wildman–Crippen LogP) is 2.48. The number of hydrogen-bond acceptors (Lipinski definition) is 2. The second kappa shape index (κ2) is 7.24. The van der Waals surface area contributed by atoms with E-state index >= 15 is 0 Å². The lowest BCUT2D eigenvalue weighted by molar-refractivity contribution is 0.0926. The minimum Gasteiger partial charge on any atom is -0.384 e. The van der Waals surface area contributed by atoms with Crippen LogP contribution in [0.25, 0.3) is 0 Å². The van der Waals surface area contributed by atoms with Crippen molar-refractivity contribution in [3.05, 3.63) is 35.1 Å². The maximum atomic E-state index is 13.8. The summed E-state index contributed by atoms with van der Waals surface area (Å²) in [6.07, 6.45) is 4.73. The lowest BCUT2D eigenvalue weighted by Crippen LogP contribution is -2.37. The molecule has 2 rings (SSSR count). The lowest BCUT2D eigenvalue weighted by atomic mass is 9.99. The fourth-order valence-corrected chi connectivity index (χ4v) is 2.76. The van der Waals surface area contributed by atoms with Crippen LogP contribution in [0.15, 0.2) is 18.2 Å². The van der Waals surface area contributed by atoms with Crippen molar-refractivity contribution < 1.29 is 14.3 Å². The van der Waals surface area contributed by atoms with E-state index in [1.807, 2.05) is 6.92 Å². The number of amides is 1. The minimum absolute atomic E-state index is 0.108. The molecule has 1 aliphatic rings. The SMILES string of the molecule is CC(NC(=O)c1ccc(C#CCO)c(F)c1)C1CCCC1. The van der Waals surface area contributed by atoms with E-state index in [0.717, 1.165) is 12.8 Å². The summed E-state index contributed by atoms with van der Waals surface area (Å²) < 4.78 is 13.8. The molecule has 1 aliphatic carbocycles. The first-order valence-electron chi connectivity index (χ1n) is 7.32. The number of carbonyl (C=O) groups excluding carboxylic acids is 1. The van der Waals surface area contributed by atoms with Crippen LogP contribution in [0.4, 0.5) is 4.39 Å². The summed E-state index contributed by atoms with van der Waals surface area (Å²) in [6.45, 7) is 1.69. The maximum Gasteiger partial charge on any atom is 0.251 e. The van der Waals surface area contributed by atoms with Crippen LogP contribution in [0, 0.1) is 23.6 Å². The van der Waals surface area contributed by atoms with Gasteiger partial charge in [0.05, 0.1) is 5.56 Å². The largest absolute Gasteiger partial charge is 0.384 e. The summed E-state index contributed by atoms with van der Waals surface area (Å²) in [5.74, 6) is 4.62. The van der Waals surface area contributed by atoms with Gasteiger partial charge in [0.1, 0.15) is 12.4 Å². The minimum atomic E-state index is -0.544. The van der Waals surface area contributed by atoms with Crippen molar-refractivity contribution in [3.8, 4) is 11.8 Å². The molecule has 0 saturated heterocycles. The summed E-state index contributed by atoms with van der Waals surface area (Å²) in [4.78, 5) is 12.1. The van der Waals surface area contributed by atoms with E-state index in [2.05, 4.69) is 17.2 Å². The molecule has 1 saturated carbocycles. The number of rotatable bonds is 3. The molecule has 1 aromatic rings. The molecule has 112 valence electrons. The third kappa shape index (κ3) is 4.05. The van der Waals surface area contributed by atoms with Crippen molar-refractivity contribution in [3.63, 3.8) is 0 Å². The number of benzene rings is 1. The van der Waals surface area contributed by atoms with E-state index in [9.17, 15) is 9.18 Å². The summed E-state index contributed by atoms with van der Waals surface area (Å²) in [6, 6.07) is 4.32. The predicted molar refractivity (Wildman–Crippen MR) is 79.3 cm³/mol. The van der Waals surface area contributed by atoms with Gasteiger partial charge in [0.2, 0.25) is 0 Å². The molecule has 0 spiro atoms. The molecule has 1 atom stereocenters. The second-order valence-corrected chi connectivity index (χ2v) is 5.46. The van der Waals surface area contributed by atoms with Gasteiger partial charge in [-0.2, -0.15) is 0 Å². The number of aliphatic hydroxyl groups is 1. The van der Waals surface area contributed by atoms with E-state index in [1.54, 1.807) is 6.07 Å². The van der Waals surface area contributed by atoms with Gasteiger partial charge in [-0.3, -0.25) is 4.79 Å². The van der Waals surface area contributed by atoms with Crippen molar-refractivity contribution >= 4 is 5.91 Å². The molecule has 1 fully saturated rings. The molecule has 1 amide bonds. The van der Waals surface area contributed by atoms with Crippen LogP contribution in [-0.2, 0) is 0 Å². The lowest BCUT2D eigenvalue weighted by Gasteiger charge is -2.20. The van der Waals surface area contributed by atoms with E-state index in [4.69, 9.17) is 5.11 Å². The average Bonchev–Trinajstić information content (AvgIpc) is 3.00. The molecule has 1 unspecified atom stereocenters. The number of carbonyl (C=O) groups is 1. The summed E-state index contributed by atoms with van der Waals surface area (Å²) >= 11 is 0. The number of hydrogen-bond donors (Lipinski definition) is 2. The van der Waals surface area contributed by atoms with Crippen molar-refractivity contribution in [2.45, 2.75) is 38.6 Å². The van der Waals surface area contributed by atoms with Gasteiger partial charge in [0.25, 0.3) is 5.91 Å². The van der Waals surface area contributed by atoms with Crippen LogP contribution in [0.3, 0.4) is 0 Å². The van der Waals surface area contributed by atoms with E-state index in [-0.39, 0.29) is 24.1 Å². The Bertz CT molecular complexity index is 568. The van der Waals surface area contributed by atoms with E-state index < -0.39 is 5.82 Å². The Labute approximate surface area is 124 Å². The van der Waals surface area contributed by atoms with Crippen LogP contribution < -0.4 is 5.32 Å². The van der Waals surface area contributed by atoms with Crippen molar-refractivity contribution in [2.24, 2.45) is 5.92 Å². The number of aliphatic hydroxyl groups excluding tert-OH is 1. The smallest absolute Gasteiger partial charge is 0.251 e. The molecule has 1 aromatic carbocycles. The molecule has 0 heterocycles. The standard InChI is InChI=1S/C17H20FNO2/c1-12(13-5-2-3-6-13)19-17(21)15-9-8-14(7-4-10-20)16(18)11-15/h8-9,11-13,20H,2-3,5-6,10H2,1H3,(H,19,21). The van der Waals surface area contributed by atoms with Crippen LogP contribution >= 0.6 is 0 Å². The Morgan fingerprint density at radius 2 is 2.19 bits per heavy atom. The first-order valence-corrected chi connectivity index (χ1v) is 7.32. The zero-order valence-corrected chi connectivity index (χ0v) is 12.2. The van der Waals surface area contributed by atoms with Gasteiger partial charge in [-0.05, 0) is 43.9 Å². The van der Waals surface area contributed by atoms with Crippen LogP contribution in [-0.4, -0.2) is 23.7 Å². The molecule has 0 aromatic heterocycles. The third-order valence-electron chi connectivity index (χ3n) is 4.00. The van der Waals surface area contributed by atoms with Gasteiger partial charge in [-0.1, -0.05) is 24.7 Å². The molecule has 4 heteroatoms. The van der Waals surface area contributed by atoms with Crippen LogP contribution in [0.1, 0.15) is 48.5 Å². The van der Waals surface area contributed by atoms with Gasteiger partial charge in [0.15, 0.2) is 0 Å². The quantitative estimate of drug-likeness (QED) is 0.840. The third-order valence-corrected chi connectivity index (χ3v) is 4.00. The molecular formula is C17H20FNO2. The number of nitrogens with one attached hydrogen (secondary N) is 1. The zero-order chi connectivity index (χ0) is 15.2. The highest BCUT2D eigenvalue weighted by Gasteiger charge is 2.23. The van der Waals surface area contributed by atoms with Crippen LogP contribution in [0.2, 0.25) is 0 Å². The number of halogens is 1. The van der Waals surface area contributed by atoms with Crippen molar-refractivity contribution in [1.82, 2.24) is 5.32 Å². The summed E-state index contributed by atoms with van der Waals surface area (Å²) in [5.41, 5.74) is 0.483. The maximum absolute atomic E-state index is 13.8. The average molecular weight is 289 g/mol. The van der Waals surface area contributed by atoms with E-state index in [1.165, 1.54) is 25.0 Å². The Balaban J connectivity index is 2.03. The van der Waals surface area contributed by atoms with Crippen LogP contribution in [0.5, 0.6) is 0 Å². The molecule has 3 nitrogen and oxygen atoms in total. The highest BCUT2D eigenvalue weighted by atomic mass is 19.1. The van der Waals surface area contributed by atoms with Crippen molar-refractivity contribution in [1.29, 1.82) is 0 Å². The van der Waals surface area contributed by atoms with Gasteiger partial charge in [0, 0.05) is 11.6 Å². The Morgan fingerprint density at radius 1 is 1.48 bits per heavy atom. The van der Waals surface area contributed by atoms with Gasteiger partial charge < -0.3 is 10.4 Å². The van der Waals surface area contributed by atoms with Gasteiger partial charge >= 0.3 is 0 Å². The zero-order valence-electron chi connectivity index (χ0n) is 12.2. The Morgan fingerprint density at radius 3 is 2.81 bits per heavy atom. The fourth-order valence-electron chi connectivity index (χ4n) is 2.76. The highest BCUT2D eigenvalue weighted by molar-refractivity contribution is 5.94. The Hall–Kier alpha value is -1.86. The monoisotopic (exact) mass is 289 g/mol. The fraction of sp³-hybridized carbons (Fsp3) is 0.471.